The van der Waals surface area contributed by atoms with E-state index in [0.29, 0.717) is 6.42 Å². The zero-order valence-corrected chi connectivity index (χ0v) is 13.3. The van der Waals surface area contributed by atoms with Crippen molar-refractivity contribution in [1.29, 1.82) is 0 Å². The number of nitrogens with one attached hydrogen (secondary N) is 1. The molecule has 1 aromatic rings. The Balaban J connectivity index is 2.98. The Morgan fingerprint density at radius 3 is 2.71 bits per heavy atom. The van der Waals surface area contributed by atoms with Gasteiger partial charge in [-0.2, -0.15) is 16.2 Å². The lowest BCUT2D eigenvalue weighted by atomic mass is 10.3. The molecule has 0 amide bonds. The first kappa shape index (κ1) is 17.9. The summed E-state index contributed by atoms with van der Waals surface area (Å²) in [5.74, 6) is 0.525. The van der Waals surface area contributed by atoms with E-state index in [1.807, 2.05) is 6.92 Å². The maximum absolute atomic E-state index is 13.5. The molecule has 6 nitrogen and oxygen atoms in total. The second-order valence-corrected chi connectivity index (χ2v) is 7.43. The molecule has 1 N–H and O–H groups in total. The van der Waals surface area contributed by atoms with Crippen LogP contribution in [0.3, 0.4) is 0 Å². The Kier molecular flexibility index (Phi) is 6.56. The molecule has 1 unspecified atom stereocenters. The van der Waals surface area contributed by atoms with E-state index in [-0.39, 0.29) is 0 Å². The minimum Gasteiger partial charge on any atom is -0.258 e. The van der Waals surface area contributed by atoms with Crippen LogP contribution in [0.15, 0.2) is 23.1 Å². The Labute approximate surface area is 127 Å². The molecule has 0 heterocycles. The Morgan fingerprint density at radius 2 is 2.14 bits per heavy atom. The fourth-order valence-electron chi connectivity index (χ4n) is 1.68. The molecule has 0 saturated heterocycles. The van der Waals surface area contributed by atoms with Gasteiger partial charge in [0.25, 0.3) is 0 Å². The maximum atomic E-state index is 13.5. The van der Waals surface area contributed by atoms with E-state index >= 15 is 0 Å². The first-order valence-electron chi connectivity index (χ1n) is 6.32. The summed E-state index contributed by atoms with van der Waals surface area (Å²) in [5.41, 5.74) is -1.03. The van der Waals surface area contributed by atoms with Gasteiger partial charge in [0.1, 0.15) is 0 Å². The molecule has 0 saturated carbocycles. The molecule has 0 aromatic heterocycles. The van der Waals surface area contributed by atoms with Crippen LogP contribution in [0.5, 0.6) is 0 Å². The van der Waals surface area contributed by atoms with Crippen molar-refractivity contribution >= 4 is 27.5 Å². The first-order valence-corrected chi connectivity index (χ1v) is 8.96. The molecule has 0 aliphatic heterocycles. The molecule has 0 spiro atoms. The van der Waals surface area contributed by atoms with Gasteiger partial charge in [0, 0.05) is 6.04 Å². The summed E-state index contributed by atoms with van der Waals surface area (Å²) in [6.07, 6.45) is 0.584. The number of rotatable bonds is 8. The van der Waals surface area contributed by atoms with Crippen LogP contribution in [-0.2, 0) is 10.0 Å². The van der Waals surface area contributed by atoms with E-state index < -0.39 is 37.4 Å². The molecule has 118 valence electrons. The second kappa shape index (κ2) is 7.71. The third kappa shape index (κ3) is 4.94. The standard InChI is InChI=1S/C12H17FN2O4S2/c1-3-20-8-7-9(2)14-21(18,19)11-6-4-5-10(13)12(11)15(16)17/h4-6,9,14H,3,7-8H2,1-2H3. The first-order chi connectivity index (χ1) is 9.79. The van der Waals surface area contributed by atoms with Crippen molar-refractivity contribution in [3.05, 3.63) is 34.1 Å². The van der Waals surface area contributed by atoms with E-state index in [9.17, 15) is 22.9 Å². The third-order valence-corrected chi connectivity index (χ3v) is 5.23. The highest BCUT2D eigenvalue weighted by Gasteiger charge is 2.30. The lowest BCUT2D eigenvalue weighted by Crippen LogP contribution is -2.33. The van der Waals surface area contributed by atoms with Crippen molar-refractivity contribution in [1.82, 2.24) is 4.72 Å². The van der Waals surface area contributed by atoms with Crippen molar-refractivity contribution in [3.63, 3.8) is 0 Å². The fraction of sp³-hybridized carbons (Fsp3) is 0.500. The highest BCUT2D eigenvalue weighted by molar-refractivity contribution is 7.99. The number of thioether (sulfide) groups is 1. The average Bonchev–Trinajstić information content (AvgIpc) is 2.37. The van der Waals surface area contributed by atoms with Crippen LogP contribution >= 0.6 is 11.8 Å². The van der Waals surface area contributed by atoms with Crippen LogP contribution in [0.2, 0.25) is 0 Å². The van der Waals surface area contributed by atoms with Gasteiger partial charge in [0.15, 0.2) is 4.90 Å². The van der Waals surface area contributed by atoms with Crippen LogP contribution in [0.1, 0.15) is 20.3 Å². The smallest absolute Gasteiger partial charge is 0.258 e. The van der Waals surface area contributed by atoms with Crippen LogP contribution in [0, 0.1) is 15.9 Å². The monoisotopic (exact) mass is 336 g/mol. The van der Waals surface area contributed by atoms with Crippen molar-refractivity contribution in [2.45, 2.75) is 31.2 Å². The summed E-state index contributed by atoms with van der Waals surface area (Å²) >= 11 is 1.67. The molecule has 9 heteroatoms. The van der Waals surface area contributed by atoms with E-state index in [4.69, 9.17) is 0 Å². The number of nitrogens with zero attached hydrogens (tertiary/aromatic N) is 1. The molecule has 0 radical (unpaired) electrons. The molecule has 0 aliphatic carbocycles. The molecule has 1 rings (SSSR count). The van der Waals surface area contributed by atoms with E-state index in [2.05, 4.69) is 4.72 Å². The van der Waals surface area contributed by atoms with Gasteiger partial charge < -0.3 is 0 Å². The quantitative estimate of drug-likeness (QED) is 0.448. The molecule has 21 heavy (non-hydrogen) atoms. The number of hydrogen-bond acceptors (Lipinski definition) is 5. The lowest BCUT2D eigenvalue weighted by molar-refractivity contribution is -0.390. The summed E-state index contributed by atoms with van der Waals surface area (Å²) < 4.78 is 40.1. The predicted octanol–water partition coefficient (Wildman–Crippen LogP) is 2.54. The molecule has 0 aliphatic rings. The summed E-state index contributed by atoms with van der Waals surface area (Å²) in [4.78, 5) is 9.18. The van der Waals surface area contributed by atoms with Crippen LogP contribution in [0.4, 0.5) is 10.1 Å². The Bertz CT molecular complexity index is 607. The lowest BCUT2D eigenvalue weighted by Gasteiger charge is -2.14. The van der Waals surface area contributed by atoms with Crippen molar-refractivity contribution in [2.75, 3.05) is 11.5 Å². The summed E-state index contributed by atoms with van der Waals surface area (Å²) in [7, 11) is -4.14. The predicted molar refractivity (Wildman–Crippen MR) is 80.5 cm³/mol. The SMILES string of the molecule is CCSCCC(C)NS(=O)(=O)c1cccc(F)c1[N+](=O)[O-]. The van der Waals surface area contributed by atoms with E-state index in [1.54, 1.807) is 18.7 Å². The molecule has 1 aromatic carbocycles. The molecular weight excluding hydrogens is 319 g/mol. The molecular formula is C12H17FN2O4S2. The Hall–Kier alpha value is -1.19. The van der Waals surface area contributed by atoms with Crippen molar-refractivity contribution < 1.29 is 17.7 Å². The highest BCUT2D eigenvalue weighted by atomic mass is 32.2. The summed E-state index contributed by atoms with van der Waals surface area (Å²) in [6, 6.07) is 2.63. The fourth-order valence-corrected chi connectivity index (χ4v) is 3.95. The van der Waals surface area contributed by atoms with Gasteiger partial charge in [-0.3, -0.25) is 10.1 Å². The van der Waals surface area contributed by atoms with Gasteiger partial charge in [-0.1, -0.05) is 13.0 Å². The zero-order chi connectivity index (χ0) is 16.0. The maximum Gasteiger partial charge on any atom is 0.324 e. The topological polar surface area (TPSA) is 89.3 Å². The molecule has 1 atom stereocenters. The van der Waals surface area contributed by atoms with Crippen LogP contribution in [-0.4, -0.2) is 30.9 Å². The number of halogens is 1. The van der Waals surface area contributed by atoms with Gasteiger partial charge in [0.2, 0.25) is 15.8 Å². The van der Waals surface area contributed by atoms with E-state index in [1.165, 1.54) is 0 Å². The normalized spacial score (nSPS) is 13.1. The van der Waals surface area contributed by atoms with Gasteiger partial charge in [-0.05, 0) is 37.0 Å². The van der Waals surface area contributed by atoms with Crippen molar-refractivity contribution in [3.8, 4) is 0 Å². The number of sulfonamides is 1. The number of benzene rings is 1. The minimum atomic E-state index is -4.14. The zero-order valence-electron chi connectivity index (χ0n) is 11.7. The van der Waals surface area contributed by atoms with E-state index in [0.717, 1.165) is 29.7 Å². The van der Waals surface area contributed by atoms with Crippen molar-refractivity contribution in [2.24, 2.45) is 0 Å². The number of para-hydroxylation sites is 1. The minimum absolute atomic E-state index is 0.392. The Morgan fingerprint density at radius 1 is 1.48 bits per heavy atom. The number of hydrogen-bond donors (Lipinski definition) is 1. The van der Waals surface area contributed by atoms with Crippen LogP contribution < -0.4 is 4.72 Å². The molecule has 0 bridgehead atoms. The average molecular weight is 336 g/mol. The second-order valence-electron chi connectivity index (χ2n) is 4.35. The summed E-state index contributed by atoms with van der Waals surface area (Å²) in [5, 5.41) is 10.9. The third-order valence-electron chi connectivity index (χ3n) is 2.68. The van der Waals surface area contributed by atoms with Gasteiger partial charge in [-0.25, -0.2) is 13.1 Å². The number of nitro benzene ring substituents is 1. The largest absolute Gasteiger partial charge is 0.324 e. The van der Waals surface area contributed by atoms with Gasteiger partial charge in [0.05, 0.1) is 4.92 Å². The highest BCUT2D eigenvalue weighted by Crippen LogP contribution is 2.26. The summed E-state index contributed by atoms with van der Waals surface area (Å²) in [6.45, 7) is 3.66. The van der Waals surface area contributed by atoms with Gasteiger partial charge >= 0.3 is 5.69 Å². The van der Waals surface area contributed by atoms with Gasteiger partial charge in [-0.15, -0.1) is 0 Å². The van der Waals surface area contributed by atoms with Crippen LogP contribution in [0.25, 0.3) is 0 Å². The number of nitro groups is 1. The molecule has 0 fully saturated rings.